The molecule has 2 atom stereocenters. The van der Waals surface area contributed by atoms with E-state index in [1.807, 2.05) is 0 Å². The zero-order chi connectivity index (χ0) is 13.1. The number of halogens is 1. The van der Waals surface area contributed by atoms with Crippen LogP contribution in [0.4, 0.5) is 4.39 Å². The highest BCUT2D eigenvalue weighted by molar-refractivity contribution is 5.81. The molecular weight excluding hydrogens is 235 g/mol. The fourth-order valence-corrected chi connectivity index (χ4v) is 2.00. The van der Waals surface area contributed by atoms with Gasteiger partial charge in [-0.2, -0.15) is 0 Å². The Kier molecular flexibility index (Phi) is 3.81. The zero-order valence-corrected chi connectivity index (χ0v) is 10.3. The molecule has 0 bridgehead atoms. The highest BCUT2D eigenvalue weighted by Gasteiger charge is 2.22. The molecular formula is C13H17FN2O2. The van der Waals surface area contributed by atoms with E-state index in [4.69, 9.17) is 10.5 Å². The Morgan fingerprint density at radius 2 is 2.39 bits per heavy atom. The van der Waals surface area contributed by atoms with E-state index in [2.05, 4.69) is 5.32 Å². The van der Waals surface area contributed by atoms with Crippen molar-refractivity contribution in [1.29, 1.82) is 0 Å². The number of hydrogen-bond acceptors (Lipinski definition) is 3. The van der Waals surface area contributed by atoms with Crippen LogP contribution in [0.25, 0.3) is 0 Å². The maximum atomic E-state index is 13.2. The van der Waals surface area contributed by atoms with E-state index in [1.54, 1.807) is 13.0 Å². The van der Waals surface area contributed by atoms with Crippen LogP contribution in [0.2, 0.25) is 0 Å². The van der Waals surface area contributed by atoms with E-state index in [0.29, 0.717) is 12.4 Å². The largest absolute Gasteiger partial charge is 0.493 e. The smallest absolute Gasteiger partial charge is 0.237 e. The summed E-state index contributed by atoms with van der Waals surface area (Å²) in [7, 11) is 0. The zero-order valence-electron chi connectivity index (χ0n) is 10.3. The summed E-state index contributed by atoms with van der Waals surface area (Å²) in [5, 5.41) is 2.87. The molecule has 0 saturated carbocycles. The van der Waals surface area contributed by atoms with E-state index in [0.717, 1.165) is 18.4 Å². The summed E-state index contributed by atoms with van der Waals surface area (Å²) in [6.07, 6.45) is 1.57. The van der Waals surface area contributed by atoms with Crippen LogP contribution >= 0.6 is 0 Å². The van der Waals surface area contributed by atoms with Gasteiger partial charge in [0.2, 0.25) is 5.91 Å². The maximum absolute atomic E-state index is 13.2. The molecule has 0 radical (unpaired) electrons. The van der Waals surface area contributed by atoms with Gasteiger partial charge in [0.1, 0.15) is 11.6 Å². The number of ether oxygens (including phenoxy) is 1. The number of carbonyl (C=O) groups is 1. The predicted octanol–water partition coefficient (Wildman–Crippen LogP) is 1.50. The van der Waals surface area contributed by atoms with E-state index in [9.17, 15) is 9.18 Å². The van der Waals surface area contributed by atoms with Crippen molar-refractivity contribution in [2.75, 3.05) is 6.61 Å². The first-order valence-corrected chi connectivity index (χ1v) is 6.06. The highest BCUT2D eigenvalue weighted by Crippen LogP contribution is 2.31. The summed E-state index contributed by atoms with van der Waals surface area (Å²) in [4.78, 5) is 11.6. The van der Waals surface area contributed by atoms with E-state index < -0.39 is 6.04 Å². The molecule has 0 spiro atoms. The first-order chi connectivity index (χ1) is 8.58. The summed E-state index contributed by atoms with van der Waals surface area (Å²) in [5.41, 5.74) is 6.34. The van der Waals surface area contributed by atoms with Gasteiger partial charge < -0.3 is 15.8 Å². The number of carbonyl (C=O) groups excluding carboxylic acids is 1. The minimum absolute atomic E-state index is 0.165. The van der Waals surface area contributed by atoms with Crippen LogP contribution in [0.3, 0.4) is 0 Å². The second kappa shape index (κ2) is 5.35. The van der Waals surface area contributed by atoms with Crippen molar-refractivity contribution in [2.45, 2.75) is 31.8 Å². The average Bonchev–Trinajstić information content (AvgIpc) is 2.51. The van der Waals surface area contributed by atoms with Gasteiger partial charge in [-0.1, -0.05) is 6.07 Å². The lowest BCUT2D eigenvalue weighted by molar-refractivity contribution is -0.122. The average molecular weight is 252 g/mol. The molecule has 4 nitrogen and oxygen atoms in total. The predicted molar refractivity (Wildman–Crippen MR) is 65.7 cm³/mol. The van der Waals surface area contributed by atoms with Crippen LogP contribution in [-0.4, -0.2) is 18.6 Å². The van der Waals surface area contributed by atoms with E-state index in [-0.39, 0.29) is 17.8 Å². The fraction of sp³-hybridized carbons (Fsp3) is 0.462. The summed E-state index contributed by atoms with van der Waals surface area (Å²) in [5.74, 6) is -0.0485. The molecule has 0 aromatic heterocycles. The number of hydrogen-bond donors (Lipinski definition) is 2. The molecule has 0 fully saturated rings. The quantitative estimate of drug-likeness (QED) is 0.838. The second-order valence-electron chi connectivity index (χ2n) is 4.52. The molecule has 18 heavy (non-hydrogen) atoms. The molecule has 1 amide bonds. The van der Waals surface area contributed by atoms with Gasteiger partial charge in [0.15, 0.2) is 0 Å². The Labute approximate surface area is 105 Å². The van der Waals surface area contributed by atoms with Crippen LogP contribution in [0.15, 0.2) is 18.2 Å². The second-order valence-corrected chi connectivity index (χ2v) is 4.52. The molecule has 3 N–H and O–H groups in total. The monoisotopic (exact) mass is 252 g/mol. The third-order valence-corrected chi connectivity index (χ3v) is 2.98. The van der Waals surface area contributed by atoms with Gasteiger partial charge in [0, 0.05) is 11.6 Å². The number of fused-ring (bicyclic) bond motifs is 1. The van der Waals surface area contributed by atoms with Crippen LogP contribution in [0.5, 0.6) is 5.75 Å². The SMILES string of the molecule is C[C@@H](N)C(=O)NC1CCCOc2cc(F)ccc21. The molecule has 0 aliphatic carbocycles. The van der Waals surface area contributed by atoms with Crippen molar-refractivity contribution in [3.8, 4) is 5.75 Å². The van der Waals surface area contributed by atoms with Crippen molar-refractivity contribution < 1.29 is 13.9 Å². The maximum Gasteiger partial charge on any atom is 0.237 e. The third kappa shape index (κ3) is 2.79. The van der Waals surface area contributed by atoms with Gasteiger partial charge >= 0.3 is 0 Å². The van der Waals surface area contributed by atoms with Crippen LogP contribution in [0, 0.1) is 5.82 Å². The number of amides is 1. The Balaban J connectivity index is 2.24. The van der Waals surface area contributed by atoms with Crippen molar-refractivity contribution in [3.63, 3.8) is 0 Å². The van der Waals surface area contributed by atoms with Crippen molar-refractivity contribution in [2.24, 2.45) is 5.73 Å². The lowest BCUT2D eigenvalue weighted by Gasteiger charge is -2.19. The Hall–Kier alpha value is -1.62. The van der Waals surface area contributed by atoms with Gasteiger partial charge in [0.25, 0.3) is 0 Å². The number of benzene rings is 1. The third-order valence-electron chi connectivity index (χ3n) is 2.98. The number of nitrogens with two attached hydrogens (primary N) is 1. The molecule has 1 heterocycles. The van der Waals surface area contributed by atoms with Crippen molar-refractivity contribution in [1.82, 2.24) is 5.32 Å². The van der Waals surface area contributed by atoms with Gasteiger partial charge in [0.05, 0.1) is 18.7 Å². The van der Waals surface area contributed by atoms with Crippen molar-refractivity contribution >= 4 is 5.91 Å². The minimum atomic E-state index is -0.557. The first kappa shape index (κ1) is 12.8. The number of rotatable bonds is 2. The molecule has 1 aromatic rings. The summed E-state index contributed by atoms with van der Waals surface area (Å²) in [6.45, 7) is 2.16. The van der Waals surface area contributed by atoms with Gasteiger partial charge in [-0.15, -0.1) is 0 Å². The Bertz CT molecular complexity index is 449. The Morgan fingerprint density at radius 3 is 3.11 bits per heavy atom. The topological polar surface area (TPSA) is 64.4 Å². The van der Waals surface area contributed by atoms with Crippen LogP contribution in [0.1, 0.15) is 31.4 Å². The molecule has 2 rings (SSSR count). The first-order valence-electron chi connectivity index (χ1n) is 6.06. The lowest BCUT2D eigenvalue weighted by atomic mass is 10.0. The molecule has 1 aliphatic rings. The van der Waals surface area contributed by atoms with E-state index >= 15 is 0 Å². The van der Waals surface area contributed by atoms with Gasteiger partial charge in [-0.3, -0.25) is 4.79 Å². The molecule has 1 aliphatic heterocycles. The molecule has 1 unspecified atom stereocenters. The van der Waals surface area contributed by atoms with Crippen LogP contribution in [-0.2, 0) is 4.79 Å². The molecule has 0 saturated heterocycles. The molecule has 5 heteroatoms. The van der Waals surface area contributed by atoms with Crippen molar-refractivity contribution in [3.05, 3.63) is 29.6 Å². The summed E-state index contributed by atoms with van der Waals surface area (Å²) in [6, 6.07) is 3.66. The molecule has 98 valence electrons. The van der Waals surface area contributed by atoms with Gasteiger partial charge in [-0.05, 0) is 25.8 Å². The van der Waals surface area contributed by atoms with Gasteiger partial charge in [-0.25, -0.2) is 4.39 Å². The summed E-state index contributed by atoms with van der Waals surface area (Å²) >= 11 is 0. The fourth-order valence-electron chi connectivity index (χ4n) is 2.00. The van der Waals surface area contributed by atoms with E-state index in [1.165, 1.54) is 12.1 Å². The lowest BCUT2D eigenvalue weighted by Crippen LogP contribution is -2.40. The molecule has 1 aromatic carbocycles. The normalized spacial score (nSPS) is 20.3. The summed E-state index contributed by atoms with van der Waals surface area (Å²) < 4.78 is 18.6. The van der Waals surface area contributed by atoms with Crippen LogP contribution < -0.4 is 15.8 Å². The highest BCUT2D eigenvalue weighted by atomic mass is 19.1. The minimum Gasteiger partial charge on any atom is -0.493 e. The Morgan fingerprint density at radius 1 is 1.61 bits per heavy atom. The number of nitrogens with one attached hydrogen (secondary N) is 1. The standard InChI is InChI=1S/C13H17FN2O2/c1-8(15)13(17)16-11-3-2-6-18-12-7-9(14)4-5-10(11)12/h4-5,7-8,11H,2-3,6,15H2,1H3,(H,16,17)/t8-,11?/m1/s1.